The molecule has 1 heterocycles. The van der Waals surface area contributed by atoms with Gasteiger partial charge >= 0.3 is 0 Å². The van der Waals surface area contributed by atoms with Crippen molar-refractivity contribution >= 4 is 52.2 Å². The van der Waals surface area contributed by atoms with Crippen LogP contribution in [-0.4, -0.2) is 10.9 Å². The van der Waals surface area contributed by atoms with Gasteiger partial charge in [0.1, 0.15) is 6.10 Å². The van der Waals surface area contributed by atoms with Crippen LogP contribution in [0.5, 0.6) is 5.75 Å². The number of rotatable bonds is 5. The molecule has 0 aliphatic carbocycles. The summed E-state index contributed by atoms with van der Waals surface area (Å²) in [6, 6.07) is 12.0. The van der Waals surface area contributed by atoms with Crippen LogP contribution in [-0.2, 0) is 0 Å². The highest BCUT2D eigenvalue weighted by Crippen LogP contribution is 2.33. The molecule has 1 aromatic heterocycles. The summed E-state index contributed by atoms with van der Waals surface area (Å²) in [5.41, 5.74) is 8.28. The van der Waals surface area contributed by atoms with Crippen LogP contribution < -0.4 is 15.8 Å². The molecular weight excluding hydrogens is 433 g/mol. The van der Waals surface area contributed by atoms with Gasteiger partial charge in [-0.3, -0.25) is 4.79 Å². The lowest BCUT2D eigenvalue weighted by molar-refractivity contribution is 0.102. The van der Waals surface area contributed by atoms with E-state index in [2.05, 4.69) is 10.3 Å². The summed E-state index contributed by atoms with van der Waals surface area (Å²) in [4.78, 5) is 16.6. The van der Waals surface area contributed by atoms with E-state index in [1.165, 1.54) is 6.20 Å². The lowest BCUT2D eigenvalue weighted by Crippen LogP contribution is -2.14. The molecule has 5 nitrogen and oxygen atoms in total. The largest absolute Gasteiger partial charge is 0.482 e. The van der Waals surface area contributed by atoms with Crippen LogP contribution in [0.2, 0.25) is 15.1 Å². The van der Waals surface area contributed by atoms with Gasteiger partial charge in [-0.2, -0.15) is 0 Å². The van der Waals surface area contributed by atoms with E-state index < -0.39 is 6.10 Å². The topological polar surface area (TPSA) is 77.2 Å². The second-order valence-corrected chi connectivity index (χ2v) is 7.65. The SMILES string of the molecule is Cc1cccc(C(=O)Nc2ccc(Cl)c([C@@H](C)Oc3cc(Cl)cnc3N)c2)c1Cl. The summed E-state index contributed by atoms with van der Waals surface area (Å²) in [5.74, 6) is 0.252. The Hall–Kier alpha value is -2.47. The Labute approximate surface area is 183 Å². The van der Waals surface area contributed by atoms with E-state index in [1.54, 1.807) is 36.4 Å². The first-order valence-corrected chi connectivity index (χ1v) is 9.83. The predicted octanol–water partition coefficient (Wildman–Crippen LogP) is 6.32. The number of halogens is 3. The van der Waals surface area contributed by atoms with Crippen LogP contribution in [0.3, 0.4) is 0 Å². The molecule has 0 radical (unpaired) electrons. The monoisotopic (exact) mass is 449 g/mol. The Morgan fingerprint density at radius 1 is 1.17 bits per heavy atom. The number of benzene rings is 2. The molecule has 0 spiro atoms. The van der Waals surface area contributed by atoms with Gasteiger partial charge in [0.15, 0.2) is 11.6 Å². The van der Waals surface area contributed by atoms with E-state index in [9.17, 15) is 4.79 Å². The number of nitrogens with zero attached hydrogens (tertiary/aromatic N) is 1. The first-order chi connectivity index (χ1) is 13.8. The zero-order chi connectivity index (χ0) is 21.1. The zero-order valence-electron chi connectivity index (χ0n) is 15.7. The summed E-state index contributed by atoms with van der Waals surface area (Å²) in [7, 11) is 0. The molecule has 0 bridgehead atoms. The molecule has 0 fully saturated rings. The zero-order valence-corrected chi connectivity index (χ0v) is 17.9. The fourth-order valence-electron chi connectivity index (χ4n) is 2.73. The summed E-state index contributed by atoms with van der Waals surface area (Å²) >= 11 is 18.5. The number of hydrogen-bond donors (Lipinski definition) is 2. The summed E-state index contributed by atoms with van der Waals surface area (Å²) in [6.07, 6.45) is 0.970. The average molecular weight is 451 g/mol. The van der Waals surface area contributed by atoms with Crippen molar-refractivity contribution < 1.29 is 9.53 Å². The number of aromatic nitrogens is 1. The van der Waals surface area contributed by atoms with Crippen molar-refractivity contribution in [2.45, 2.75) is 20.0 Å². The second-order valence-electron chi connectivity index (χ2n) is 6.42. The fraction of sp³-hybridized carbons (Fsp3) is 0.143. The smallest absolute Gasteiger partial charge is 0.257 e. The van der Waals surface area contributed by atoms with E-state index in [4.69, 9.17) is 45.3 Å². The summed E-state index contributed by atoms with van der Waals surface area (Å²) in [5, 5.41) is 4.14. The van der Waals surface area contributed by atoms with E-state index in [0.717, 1.165) is 5.56 Å². The molecule has 3 aromatic rings. The average Bonchev–Trinajstić information content (AvgIpc) is 2.68. The van der Waals surface area contributed by atoms with Crippen molar-refractivity contribution in [3.63, 3.8) is 0 Å². The molecule has 3 rings (SSSR count). The Morgan fingerprint density at radius 2 is 1.93 bits per heavy atom. The van der Waals surface area contributed by atoms with Crippen molar-refractivity contribution in [2.75, 3.05) is 11.1 Å². The Morgan fingerprint density at radius 3 is 2.69 bits per heavy atom. The summed E-state index contributed by atoms with van der Waals surface area (Å²) in [6.45, 7) is 3.65. The standard InChI is InChI=1S/C21H18Cl3N3O2/c1-11-4-3-5-15(19(11)24)21(28)27-14-6-7-17(23)16(9-14)12(2)29-18-8-13(22)10-26-20(18)25/h3-10,12H,1-2H3,(H2,25,26)(H,27,28)/t12-/m1/s1. The molecule has 0 saturated carbocycles. The number of ether oxygens (including phenoxy) is 1. The van der Waals surface area contributed by atoms with Crippen molar-refractivity contribution in [3.8, 4) is 5.75 Å². The van der Waals surface area contributed by atoms with Crippen LogP contribution in [0.4, 0.5) is 11.5 Å². The number of nitrogens with one attached hydrogen (secondary N) is 1. The molecule has 8 heteroatoms. The molecule has 0 unspecified atom stereocenters. The number of anilines is 2. The van der Waals surface area contributed by atoms with Gasteiger partial charge < -0.3 is 15.8 Å². The van der Waals surface area contributed by atoms with Crippen LogP contribution in [0, 0.1) is 6.92 Å². The Bertz CT molecular complexity index is 1070. The second kappa shape index (κ2) is 8.91. The highest BCUT2D eigenvalue weighted by atomic mass is 35.5. The number of amides is 1. The van der Waals surface area contributed by atoms with Gasteiger partial charge in [0.2, 0.25) is 0 Å². The molecule has 1 atom stereocenters. The number of aryl methyl sites for hydroxylation is 1. The number of hydrogen-bond acceptors (Lipinski definition) is 4. The molecule has 0 aliphatic rings. The molecule has 3 N–H and O–H groups in total. The minimum absolute atomic E-state index is 0.218. The Balaban J connectivity index is 1.83. The minimum atomic E-state index is -0.468. The lowest BCUT2D eigenvalue weighted by Gasteiger charge is -2.18. The third kappa shape index (κ3) is 4.93. The maximum absolute atomic E-state index is 12.6. The predicted molar refractivity (Wildman–Crippen MR) is 118 cm³/mol. The molecular formula is C21H18Cl3N3O2. The molecule has 2 aromatic carbocycles. The molecule has 150 valence electrons. The number of nitrogen functional groups attached to an aromatic ring is 1. The third-order valence-electron chi connectivity index (χ3n) is 4.28. The van der Waals surface area contributed by atoms with Crippen LogP contribution in [0.1, 0.15) is 34.5 Å². The lowest BCUT2D eigenvalue weighted by atomic mass is 10.1. The van der Waals surface area contributed by atoms with Gasteiger partial charge in [-0.15, -0.1) is 0 Å². The minimum Gasteiger partial charge on any atom is -0.482 e. The maximum atomic E-state index is 12.6. The highest BCUT2D eigenvalue weighted by Gasteiger charge is 2.17. The van der Waals surface area contributed by atoms with E-state index in [0.29, 0.717) is 37.6 Å². The van der Waals surface area contributed by atoms with Gasteiger partial charge in [0, 0.05) is 28.5 Å². The van der Waals surface area contributed by atoms with E-state index in [-0.39, 0.29) is 11.7 Å². The van der Waals surface area contributed by atoms with Crippen molar-refractivity contribution in [2.24, 2.45) is 0 Å². The van der Waals surface area contributed by atoms with Gasteiger partial charge in [0.25, 0.3) is 5.91 Å². The highest BCUT2D eigenvalue weighted by molar-refractivity contribution is 6.35. The number of nitrogens with two attached hydrogens (primary N) is 1. The summed E-state index contributed by atoms with van der Waals surface area (Å²) < 4.78 is 5.88. The molecule has 29 heavy (non-hydrogen) atoms. The number of carbonyl (C=O) groups excluding carboxylic acids is 1. The van der Waals surface area contributed by atoms with Gasteiger partial charge in [-0.05, 0) is 43.7 Å². The van der Waals surface area contributed by atoms with Crippen LogP contribution in [0.15, 0.2) is 48.7 Å². The first kappa shape index (κ1) is 21.2. The molecule has 0 saturated heterocycles. The van der Waals surface area contributed by atoms with E-state index >= 15 is 0 Å². The van der Waals surface area contributed by atoms with Crippen LogP contribution >= 0.6 is 34.8 Å². The maximum Gasteiger partial charge on any atom is 0.257 e. The third-order valence-corrected chi connectivity index (χ3v) is 5.33. The fourth-order valence-corrected chi connectivity index (χ4v) is 3.36. The van der Waals surface area contributed by atoms with E-state index in [1.807, 2.05) is 19.9 Å². The van der Waals surface area contributed by atoms with Crippen molar-refractivity contribution in [1.29, 1.82) is 0 Å². The van der Waals surface area contributed by atoms with Crippen LogP contribution in [0.25, 0.3) is 0 Å². The Kier molecular flexibility index (Phi) is 6.52. The van der Waals surface area contributed by atoms with Gasteiger partial charge in [-0.1, -0.05) is 46.9 Å². The quantitative estimate of drug-likeness (QED) is 0.476. The molecule has 1 amide bonds. The van der Waals surface area contributed by atoms with Crippen molar-refractivity contribution in [3.05, 3.63) is 80.4 Å². The number of carbonyl (C=O) groups is 1. The molecule has 0 aliphatic heterocycles. The first-order valence-electron chi connectivity index (χ1n) is 8.70. The normalized spacial score (nSPS) is 11.8. The van der Waals surface area contributed by atoms with Gasteiger partial charge in [-0.25, -0.2) is 4.98 Å². The number of pyridine rings is 1. The van der Waals surface area contributed by atoms with Gasteiger partial charge in [0.05, 0.1) is 15.6 Å². The van der Waals surface area contributed by atoms with Crippen molar-refractivity contribution in [1.82, 2.24) is 4.98 Å².